The number of halogens is 1. The van der Waals surface area contributed by atoms with Gasteiger partial charge in [0, 0.05) is 18.1 Å². The minimum Gasteiger partial charge on any atom is -0.385 e. The van der Waals surface area contributed by atoms with Gasteiger partial charge in [-0.3, -0.25) is 0 Å². The Bertz CT molecular complexity index is 468. The number of rotatable bonds is 6. The molecule has 2 heteroatoms. The summed E-state index contributed by atoms with van der Waals surface area (Å²) in [7, 11) is 0. The number of nitrogens with one attached hydrogen (secondary N) is 1. The van der Waals surface area contributed by atoms with Gasteiger partial charge in [0.15, 0.2) is 0 Å². The van der Waals surface area contributed by atoms with E-state index in [0.717, 1.165) is 25.1 Å². The number of aryl methyl sites for hydroxylation is 1. The second-order valence-electron chi connectivity index (χ2n) is 4.31. The van der Waals surface area contributed by atoms with Crippen LogP contribution in [0, 0.1) is 0 Å². The zero-order valence-electron chi connectivity index (χ0n) is 10.4. The monoisotopic (exact) mass is 259 g/mol. The van der Waals surface area contributed by atoms with Crippen LogP contribution < -0.4 is 5.32 Å². The Morgan fingerprint density at radius 1 is 0.889 bits per heavy atom. The molecule has 94 valence electrons. The maximum absolute atomic E-state index is 5.90. The maximum Gasteiger partial charge on any atom is 0.0494 e. The molecule has 0 radical (unpaired) electrons. The Kier molecular flexibility index (Phi) is 5.10. The van der Waals surface area contributed by atoms with Gasteiger partial charge in [-0.25, -0.2) is 0 Å². The molecule has 0 heterocycles. The normalized spacial score (nSPS) is 10.3. The van der Waals surface area contributed by atoms with E-state index >= 15 is 0 Å². The van der Waals surface area contributed by atoms with Gasteiger partial charge >= 0.3 is 0 Å². The van der Waals surface area contributed by atoms with Crippen LogP contribution in [-0.2, 0) is 12.3 Å². The Morgan fingerprint density at radius 2 is 1.61 bits per heavy atom. The summed E-state index contributed by atoms with van der Waals surface area (Å²) in [5, 5.41) is 3.45. The largest absolute Gasteiger partial charge is 0.385 e. The summed E-state index contributed by atoms with van der Waals surface area (Å²) in [5.74, 6) is 0.557. The molecule has 0 aromatic heterocycles. The van der Waals surface area contributed by atoms with Crippen LogP contribution >= 0.6 is 11.6 Å². The third-order valence-corrected chi connectivity index (χ3v) is 3.25. The Hall–Kier alpha value is -1.47. The highest BCUT2D eigenvalue weighted by atomic mass is 35.5. The van der Waals surface area contributed by atoms with Crippen LogP contribution in [0.15, 0.2) is 54.6 Å². The molecule has 0 fully saturated rings. The molecule has 2 aromatic rings. The van der Waals surface area contributed by atoms with Crippen molar-refractivity contribution in [3.05, 3.63) is 65.7 Å². The number of hydrogen-bond acceptors (Lipinski definition) is 1. The van der Waals surface area contributed by atoms with E-state index in [-0.39, 0.29) is 0 Å². The van der Waals surface area contributed by atoms with Crippen molar-refractivity contribution in [3.8, 4) is 0 Å². The zero-order chi connectivity index (χ0) is 12.6. The minimum absolute atomic E-state index is 0.557. The SMILES string of the molecule is ClCc1ccccc1NCCCc1ccccc1. The molecule has 0 atom stereocenters. The van der Waals surface area contributed by atoms with E-state index in [0.29, 0.717) is 5.88 Å². The van der Waals surface area contributed by atoms with E-state index in [1.807, 2.05) is 12.1 Å². The Balaban J connectivity index is 1.78. The molecular weight excluding hydrogens is 242 g/mol. The zero-order valence-corrected chi connectivity index (χ0v) is 11.2. The molecule has 0 unspecified atom stereocenters. The molecule has 0 spiro atoms. The summed E-state index contributed by atoms with van der Waals surface area (Å²) < 4.78 is 0. The molecule has 0 aliphatic carbocycles. The van der Waals surface area contributed by atoms with Crippen LogP contribution in [0.25, 0.3) is 0 Å². The van der Waals surface area contributed by atoms with Crippen molar-refractivity contribution in [3.63, 3.8) is 0 Å². The molecule has 1 nitrogen and oxygen atoms in total. The predicted octanol–water partition coefficient (Wildman–Crippen LogP) is 4.47. The van der Waals surface area contributed by atoms with Crippen LogP contribution in [0.3, 0.4) is 0 Å². The van der Waals surface area contributed by atoms with Crippen molar-refractivity contribution < 1.29 is 0 Å². The standard InChI is InChI=1S/C16H18ClN/c17-13-15-10-4-5-11-16(15)18-12-6-9-14-7-2-1-3-8-14/h1-5,7-8,10-11,18H,6,9,12-13H2. The molecule has 1 N–H and O–H groups in total. The van der Waals surface area contributed by atoms with Crippen molar-refractivity contribution in [1.29, 1.82) is 0 Å². The van der Waals surface area contributed by atoms with Gasteiger partial charge in [-0.15, -0.1) is 11.6 Å². The van der Waals surface area contributed by atoms with Crippen LogP contribution in [0.2, 0.25) is 0 Å². The summed E-state index contributed by atoms with van der Waals surface area (Å²) >= 11 is 5.90. The van der Waals surface area contributed by atoms with Gasteiger partial charge in [-0.1, -0.05) is 48.5 Å². The lowest BCUT2D eigenvalue weighted by atomic mass is 10.1. The molecule has 2 aromatic carbocycles. The average molecular weight is 260 g/mol. The first-order valence-corrected chi connectivity index (χ1v) is 6.85. The Morgan fingerprint density at radius 3 is 2.39 bits per heavy atom. The predicted molar refractivity (Wildman–Crippen MR) is 79.3 cm³/mol. The number of para-hydroxylation sites is 1. The van der Waals surface area contributed by atoms with Gasteiger partial charge in [0.25, 0.3) is 0 Å². The van der Waals surface area contributed by atoms with E-state index in [4.69, 9.17) is 11.6 Å². The highest BCUT2D eigenvalue weighted by Gasteiger charge is 1.99. The first kappa shape index (κ1) is 13.0. The molecule has 0 saturated carbocycles. The maximum atomic E-state index is 5.90. The van der Waals surface area contributed by atoms with Gasteiger partial charge in [-0.05, 0) is 30.0 Å². The molecule has 0 bridgehead atoms. The lowest BCUT2D eigenvalue weighted by molar-refractivity contribution is 0.862. The van der Waals surface area contributed by atoms with Crippen LogP contribution in [-0.4, -0.2) is 6.54 Å². The minimum atomic E-state index is 0.557. The summed E-state index contributed by atoms with van der Waals surface area (Å²) in [6.45, 7) is 0.975. The summed E-state index contributed by atoms with van der Waals surface area (Å²) in [5.41, 5.74) is 3.71. The molecule has 0 aliphatic heterocycles. The molecule has 18 heavy (non-hydrogen) atoms. The van der Waals surface area contributed by atoms with Crippen LogP contribution in [0.4, 0.5) is 5.69 Å². The third-order valence-electron chi connectivity index (χ3n) is 2.96. The third kappa shape index (κ3) is 3.78. The van der Waals surface area contributed by atoms with Crippen LogP contribution in [0.1, 0.15) is 17.5 Å². The first-order valence-electron chi connectivity index (χ1n) is 6.32. The fourth-order valence-electron chi connectivity index (χ4n) is 1.97. The average Bonchev–Trinajstić information content (AvgIpc) is 2.45. The first-order chi connectivity index (χ1) is 8.90. The second-order valence-corrected chi connectivity index (χ2v) is 4.57. The fourth-order valence-corrected chi connectivity index (χ4v) is 2.20. The van der Waals surface area contributed by atoms with Gasteiger partial charge in [0.2, 0.25) is 0 Å². The van der Waals surface area contributed by atoms with E-state index in [1.54, 1.807) is 0 Å². The van der Waals surface area contributed by atoms with Crippen molar-refractivity contribution in [2.45, 2.75) is 18.7 Å². The number of hydrogen-bond donors (Lipinski definition) is 1. The molecular formula is C16H18ClN. The van der Waals surface area contributed by atoms with E-state index < -0.39 is 0 Å². The molecule has 0 aliphatic rings. The van der Waals surface area contributed by atoms with E-state index in [2.05, 4.69) is 47.8 Å². The van der Waals surface area contributed by atoms with Gasteiger partial charge in [0.05, 0.1) is 0 Å². The van der Waals surface area contributed by atoms with Crippen molar-refractivity contribution in [1.82, 2.24) is 0 Å². The molecule has 0 amide bonds. The van der Waals surface area contributed by atoms with Gasteiger partial charge < -0.3 is 5.32 Å². The highest BCUT2D eigenvalue weighted by molar-refractivity contribution is 6.17. The summed E-state index contributed by atoms with van der Waals surface area (Å²) in [6.07, 6.45) is 2.23. The summed E-state index contributed by atoms with van der Waals surface area (Å²) in [4.78, 5) is 0. The van der Waals surface area contributed by atoms with Crippen molar-refractivity contribution in [2.24, 2.45) is 0 Å². The van der Waals surface area contributed by atoms with Gasteiger partial charge in [0.1, 0.15) is 0 Å². The number of alkyl halides is 1. The fraction of sp³-hybridized carbons (Fsp3) is 0.250. The molecule has 2 rings (SSSR count). The topological polar surface area (TPSA) is 12.0 Å². The smallest absolute Gasteiger partial charge is 0.0494 e. The number of anilines is 1. The quantitative estimate of drug-likeness (QED) is 0.596. The van der Waals surface area contributed by atoms with Crippen molar-refractivity contribution in [2.75, 3.05) is 11.9 Å². The van der Waals surface area contributed by atoms with Gasteiger partial charge in [-0.2, -0.15) is 0 Å². The van der Waals surface area contributed by atoms with E-state index in [1.165, 1.54) is 11.1 Å². The molecule has 0 saturated heterocycles. The highest BCUT2D eigenvalue weighted by Crippen LogP contribution is 2.17. The van der Waals surface area contributed by atoms with E-state index in [9.17, 15) is 0 Å². The number of benzene rings is 2. The lowest BCUT2D eigenvalue weighted by Gasteiger charge is -2.10. The van der Waals surface area contributed by atoms with Crippen molar-refractivity contribution >= 4 is 17.3 Å². The van der Waals surface area contributed by atoms with Crippen LogP contribution in [0.5, 0.6) is 0 Å². The lowest BCUT2D eigenvalue weighted by Crippen LogP contribution is -2.04. The second kappa shape index (κ2) is 7.07. The summed E-state index contributed by atoms with van der Waals surface area (Å²) in [6, 6.07) is 18.8. The Labute approximate surface area is 114 Å².